The molecule has 1 heterocycles. The minimum atomic E-state index is 0.516. The van der Waals surface area contributed by atoms with Crippen LogP contribution in [-0.2, 0) is 0 Å². The van der Waals surface area contributed by atoms with Crippen LogP contribution in [0.4, 0.5) is 11.4 Å². The van der Waals surface area contributed by atoms with E-state index in [1.807, 2.05) is 0 Å². The van der Waals surface area contributed by atoms with Crippen LogP contribution in [0.1, 0.15) is 31.2 Å². The molecule has 3 rings (SSSR count). The molecule has 1 N–H and O–H groups in total. The molecule has 0 saturated heterocycles. The monoisotopic (exact) mass is 230 g/mol. The lowest BCUT2D eigenvalue weighted by atomic mass is 9.86. The average molecular weight is 230 g/mol. The van der Waals surface area contributed by atoms with Crippen LogP contribution in [0.2, 0.25) is 0 Å². The molecular weight excluding hydrogens is 208 g/mol. The van der Waals surface area contributed by atoms with Crippen LogP contribution >= 0.6 is 0 Å². The lowest BCUT2D eigenvalue weighted by molar-refractivity contribution is 0.330. The number of nitrogens with one attached hydrogen (secondary N) is 1. The Kier molecular flexibility index (Phi) is 2.53. The fourth-order valence-corrected chi connectivity index (χ4v) is 3.51. The highest BCUT2D eigenvalue weighted by Gasteiger charge is 2.36. The van der Waals surface area contributed by atoms with Gasteiger partial charge in [-0.3, -0.25) is 0 Å². The minimum Gasteiger partial charge on any atom is -0.383 e. The molecule has 0 radical (unpaired) electrons. The Morgan fingerprint density at radius 2 is 2.00 bits per heavy atom. The molecule has 1 fully saturated rings. The van der Waals surface area contributed by atoms with Gasteiger partial charge in [0.05, 0.1) is 11.4 Å². The molecule has 1 aliphatic heterocycles. The summed E-state index contributed by atoms with van der Waals surface area (Å²) < 4.78 is 0. The summed E-state index contributed by atoms with van der Waals surface area (Å²) in [5.41, 5.74) is 4.53. The maximum atomic E-state index is 3.69. The first-order valence-corrected chi connectivity index (χ1v) is 6.74. The van der Waals surface area contributed by atoms with E-state index in [-0.39, 0.29) is 0 Å². The number of hydrogen-bond donors (Lipinski definition) is 1. The standard InChI is InChI=1S/C15H22N2/c1-12-5-6-14-13(9-12)16-10-15(11-17(14)2)7-3-4-8-15/h5-6,9,16H,3-4,7-8,10-11H2,1-2H3. The number of aryl methyl sites for hydroxylation is 1. The fraction of sp³-hybridized carbons (Fsp3) is 0.600. The molecule has 0 unspecified atom stereocenters. The highest BCUT2D eigenvalue weighted by Crippen LogP contribution is 2.43. The topological polar surface area (TPSA) is 15.3 Å². The Balaban J connectivity index is 1.94. The zero-order valence-corrected chi connectivity index (χ0v) is 10.9. The number of anilines is 2. The summed E-state index contributed by atoms with van der Waals surface area (Å²) >= 11 is 0. The highest BCUT2D eigenvalue weighted by molar-refractivity contribution is 5.71. The largest absolute Gasteiger partial charge is 0.383 e. The number of rotatable bonds is 0. The molecule has 1 saturated carbocycles. The first kappa shape index (κ1) is 10.9. The van der Waals surface area contributed by atoms with Gasteiger partial charge in [0.25, 0.3) is 0 Å². The lowest BCUT2D eigenvalue weighted by Gasteiger charge is -2.31. The van der Waals surface area contributed by atoms with Crippen molar-refractivity contribution in [1.29, 1.82) is 0 Å². The maximum absolute atomic E-state index is 3.69. The first-order chi connectivity index (χ1) is 8.19. The first-order valence-electron chi connectivity index (χ1n) is 6.74. The number of hydrogen-bond acceptors (Lipinski definition) is 2. The van der Waals surface area contributed by atoms with Crippen LogP contribution in [0.15, 0.2) is 18.2 Å². The van der Waals surface area contributed by atoms with Crippen LogP contribution in [0, 0.1) is 12.3 Å². The van der Waals surface area contributed by atoms with Crippen LogP contribution in [0.25, 0.3) is 0 Å². The van der Waals surface area contributed by atoms with E-state index in [0.29, 0.717) is 5.41 Å². The summed E-state index contributed by atoms with van der Waals surface area (Å²) in [5, 5.41) is 3.69. The van der Waals surface area contributed by atoms with Gasteiger partial charge < -0.3 is 10.2 Å². The van der Waals surface area contributed by atoms with Gasteiger partial charge in [-0.2, -0.15) is 0 Å². The van der Waals surface area contributed by atoms with Gasteiger partial charge in [-0.15, -0.1) is 0 Å². The summed E-state index contributed by atoms with van der Waals surface area (Å²) in [5.74, 6) is 0. The lowest BCUT2D eigenvalue weighted by Crippen LogP contribution is -2.36. The normalized spacial score (nSPS) is 22.1. The molecule has 0 amide bonds. The molecule has 17 heavy (non-hydrogen) atoms. The fourth-order valence-electron chi connectivity index (χ4n) is 3.51. The minimum absolute atomic E-state index is 0.516. The number of nitrogens with zero attached hydrogens (tertiary/aromatic N) is 1. The van der Waals surface area contributed by atoms with Crippen LogP contribution < -0.4 is 10.2 Å². The predicted molar refractivity (Wildman–Crippen MR) is 73.8 cm³/mol. The van der Waals surface area contributed by atoms with Gasteiger partial charge in [0.15, 0.2) is 0 Å². The van der Waals surface area contributed by atoms with Gasteiger partial charge in [0.1, 0.15) is 0 Å². The summed E-state index contributed by atoms with van der Waals surface area (Å²) in [4.78, 5) is 2.44. The van der Waals surface area contributed by atoms with Crippen molar-refractivity contribution in [2.45, 2.75) is 32.6 Å². The molecule has 0 atom stereocenters. The molecule has 2 aliphatic rings. The molecule has 1 aliphatic carbocycles. The zero-order valence-electron chi connectivity index (χ0n) is 10.9. The third kappa shape index (κ3) is 1.90. The quantitative estimate of drug-likeness (QED) is 0.734. The van der Waals surface area contributed by atoms with Crippen LogP contribution in [-0.4, -0.2) is 20.1 Å². The second-order valence-corrected chi connectivity index (χ2v) is 5.94. The second kappa shape index (κ2) is 3.94. The van der Waals surface area contributed by atoms with E-state index in [9.17, 15) is 0 Å². The zero-order chi connectivity index (χ0) is 11.9. The van der Waals surface area contributed by atoms with E-state index in [0.717, 1.165) is 6.54 Å². The van der Waals surface area contributed by atoms with Crippen molar-refractivity contribution in [2.75, 3.05) is 30.4 Å². The Labute approximate surface area is 104 Å². The maximum Gasteiger partial charge on any atom is 0.0599 e. The highest BCUT2D eigenvalue weighted by atomic mass is 15.2. The van der Waals surface area contributed by atoms with Gasteiger partial charge in [0, 0.05) is 25.6 Å². The molecule has 1 aromatic rings. The second-order valence-electron chi connectivity index (χ2n) is 5.94. The van der Waals surface area contributed by atoms with Crippen molar-refractivity contribution in [2.24, 2.45) is 5.41 Å². The van der Waals surface area contributed by atoms with E-state index in [1.165, 1.54) is 49.2 Å². The van der Waals surface area contributed by atoms with E-state index >= 15 is 0 Å². The molecular formula is C15H22N2. The summed E-state index contributed by atoms with van der Waals surface area (Å²) in [6.07, 6.45) is 5.59. The van der Waals surface area contributed by atoms with E-state index < -0.39 is 0 Å². The third-order valence-electron chi connectivity index (χ3n) is 4.45. The molecule has 1 aromatic carbocycles. The third-order valence-corrected chi connectivity index (χ3v) is 4.45. The van der Waals surface area contributed by atoms with Gasteiger partial charge in [-0.25, -0.2) is 0 Å². The molecule has 92 valence electrons. The van der Waals surface area contributed by atoms with Gasteiger partial charge >= 0.3 is 0 Å². The smallest absolute Gasteiger partial charge is 0.0599 e. The SMILES string of the molecule is Cc1ccc2c(c1)NCC1(CCCC1)CN2C. The van der Waals surface area contributed by atoms with E-state index in [2.05, 4.69) is 42.4 Å². The van der Waals surface area contributed by atoms with E-state index in [4.69, 9.17) is 0 Å². The Hall–Kier alpha value is -1.18. The molecule has 2 nitrogen and oxygen atoms in total. The average Bonchev–Trinajstić information content (AvgIpc) is 2.70. The number of fused-ring (bicyclic) bond motifs is 1. The van der Waals surface area contributed by atoms with Gasteiger partial charge in [-0.1, -0.05) is 18.9 Å². The Bertz CT molecular complexity index is 419. The number of benzene rings is 1. The van der Waals surface area contributed by atoms with Crippen molar-refractivity contribution in [1.82, 2.24) is 0 Å². The van der Waals surface area contributed by atoms with Crippen molar-refractivity contribution in [3.05, 3.63) is 23.8 Å². The summed E-state index contributed by atoms with van der Waals surface area (Å²) in [6, 6.07) is 6.75. The van der Waals surface area contributed by atoms with Crippen molar-refractivity contribution in [3.8, 4) is 0 Å². The molecule has 1 spiro atoms. The molecule has 0 aromatic heterocycles. The Morgan fingerprint density at radius 1 is 1.24 bits per heavy atom. The van der Waals surface area contributed by atoms with Crippen LogP contribution in [0.3, 0.4) is 0 Å². The predicted octanol–water partition coefficient (Wildman–Crippen LogP) is 3.42. The summed E-state index contributed by atoms with van der Waals surface area (Å²) in [7, 11) is 2.24. The Morgan fingerprint density at radius 3 is 2.76 bits per heavy atom. The van der Waals surface area contributed by atoms with E-state index in [1.54, 1.807) is 0 Å². The molecule has 2 heteroatoms. The van der Waals surface area contributed by atoms with Crippen molar-refractivity contribution >= 4 is 11.4 Å². The van der Waals surface area contributed by atoms with Crippen molar-refractivity contribution in [3.63, 3.8) is 0 Å². The molecule has 0 bridgehead atoms. The summed E-state index contributed by atoms with van der Waals surface area (Å²) in [6.45, 7) is 4.52. The van der Waals surface area contributed by atoms with Gasteiger partial charge in [-0.05, 0) is 37.5 Å². The van der Waals surface area contributed by atoms with Crippen molar-refractivity contribution < 1.29 is 0 Å². The van der Waals surface area contributed by atoms with Gasteiger partial charge in [0.2, 0.25) is 0 Å². The van der Waals surface area contributed by atoms with Crippen LogP contribution in [0.5, 0.6) is 0 Å².